The summed E-state index contributed by atoms with van der Waals surface area (Å²) < 4.78 is 35.5. The van der Waals surface area contributed by atoms with Crippen LogP contribution in [0, 0.1) is 0 Å². The van der Waals surface area contributed by atoms with Crippen molar-refractivity contribution in [2.24, 2.45) is 0 Å². The van der Waals surface area contributed by atoms with E-state index in [1.165, 1.54) is 134 Å². The summed E-state index contributed by atoms with van der Waals surface area (Å²) in [6.45, 7) is 4.53. The van der Waals surface area contributed by atoms with Gasteiger partial charge in [0.25, 0.3) is 0 Å². The van der Waals surface area contributed by atoms with Crippen LogP contribution in [0.3, 0.4) is 0 Å². The van der Waals surface area contributed by atoms with Crippen molar-refractivity contribution >= 4 is 20.9 Å². The first-order chi connectivity index (χ1) is 19.5. The summed E-state index contributed by atoms with van der Waals surface area (Å²) in [5.74, 6) is 0. The zero-order valence-electron chi connectivity index (χ0n) is 27.0. The van der Waals surface area contributed by atoms with Crippen LogP contribution in [0.1, 0.15) is 166 Å². The predicted octanol–water partition coefficient (Wildman–Crippen LogP) is 8.45. The van der Waals surface area contributed by atoms with Gasteiger partial charge in [0.15, 0.2) is 0 Å². The van der Waals surface area contributed by atoms with E-state index < -0.39 is 10.1 Å². The molecule has 0 atom stereocenters. The summed E-state index contributed by atoms with van der Waals surface area (Å²) in [5, 5.41) is 2.00. The molecule has 0 fully saturated rings. The molecule has 228 valence electrons. The molecule has 0 aliphatic carbocycles. The van der Waals surface area contributed by atoms with E-state index in [1.807, 2.05) is 6.07 Å². The normalized spacial score (nSPS) is 11.7. The van der Waals surface area contributed by atoms with E-state index in [0.717, 1.165) is 42.0 Å². The second kappa shape index (κ2) is 24.0. The second-order valence-electron chi connectivity index (χ2n) is 12.2. The maximum absolute atomic E-state index is 11.8. The van der Waals surface area contributed by atoms with Gasteiger partial charge < -0.3 is 4.55 Å². The van der Waals surface area contributed by atoms with Crippen molar-refractivity contribution in [3.8, 4) is 0 Å². The van der Waals surface area contributed by atoms with Gasteiger partial charge in [0.05, 0.1) is 4.90 Å². The van der Waals surface area contributed by atoms with Crippen LogP contribution in [0.15, 0.2) is 35.2 Å². The first-order valence-electron chi connectivity index (χ1n) is 17.0. The monoisotopic (exact) mass is 594 g/mol. The number of hydrogen-bond donors (Lipinski definition) is 0. The number of rotatable bonds is 25. The van der Waals surface area contributed by atoms with Gasteiger partial charge in [-0.25, -0.2) is 8.42 Å². The van der Waals surface area contributed by atoms with Crippen LogP contribution in [0.4, 0.5) is 0 Å². The molecule has 0 amide bonds. The minimum absolute atomic E-state index is 0. The molecule has 2 aromatic carbocycles. The van der Waals surface area contributed by atoms with E-state index in [1.54, 1.807) is 12.1 Å². The molecule has 41 heavy (non-hydrogen) atoms. The molecule has 0 unspecified atom stereocenters. The third-order valence-electron chi connectivity index (χ3n) is 8.49. The van der Waals surface area contributed by atoms with Gasteiger partial charge in [0, 0.05) is 0 Å². The number of hydrogen-bond acceptors (Lipinski definition) is 3. The average molecular weight is 595 g/mol. The molecular formula is C36H59NaO3S. The third kappa shape index (κ3) is 17.5. The molecule has 2 aromatic rings. The predicted molar refractivity (Wildman–Crippen MR) is 172 cm³/mol. The van der Waals surface area contributed by atoms with Crippen molar-refractivity contribution in [1.82, 2.24) is 0 Å². The summed E-state index contributed by atoms with van der Waals surface area (Å²) in [6, 6.07) is 9.59. The molecule has 0 heterocycles. The molecule has 0 spiro atoms. The zero-order chi connectivity index (χ0) is 28.9. The Morgan fingerprint density at radius 2 is 0.951 bits per heavy atom. The van der Waals surface area contributed by atoms with Gasteiger partial charge in [0.1, 0.15) is 10.1 Å². The first kappa shape index (κ1) is 38.6. The Morgan fingerprint density at radius 3 is 1.39 bits per heavy atom. The van der Waals surface area contributed by atoms with E-state index >= 15 is 0 Å². The Bertz CT molecular complexity index is 1030. The minimum Gasteiger partial charge on any atom is -0.744 e. The summed E-state index contributed by atoms with van der Waals surface area (Å²) in [6.07, 6.45) is 30.9. The van der Waals surface area contributed by atoms with Gasteiger partial charge in [-0.15, -0.1) is 0 Å². The summed E-state index contributed by atoms with van der Waals surface area (Å²) in [5.41, 5.74) is 2.34. The van der Waals surface area contributed by atoms with Crippen LogP contribution in [0.2, 0.25) is 0 Å². The fourth-order valence-corrected chi connectivity index (χ4v) is 6.49. The van der Waals surface area contributed by atoms with Gasteiger partial charge in [-0.2, -0.15) is 0 Å². The maximum Gasteiger partial charge on any atom is 1.00 e. The van der Waals surface area contributed by atoms with Crippen molar-refractivity contribution in [3.63, 3.8) is 0 Å². The van der Waals surface area contributed by atoms with Gasteiger partial charge in [-0.1, -0.05) is 160 Å². The van der Waals surface area contributed by atoms with Crippen molar-refractivity contribution in [3.05, 3.63) is 41.5 Å². The molecule has 0 aliphatic heterocycles. The van der Waals surface area contributed by atoms with Gasteiger partial charge >= 0.3 is 29.6 Å². The Balaban J connectivity index is 0.00000840. The van der Waals surface area contributed by atoms with Crippen molar-refractivity contribution in [2.45, 2.75) is 173 Å². The molecular weight excluding hydrogens is 535 g/mol. The standard InChI is InChI=1S/C36H60O3S.Na/c1-3-5-7-9-11-13-15-17-19-21-23-25-32-27-28-34-31-35(40(37,38)39)30-33(36(34)29-32)26-24-22-20-18-16-14-12-10-8-6-4-2;/h27-31H,3-26H2,1-2H3,(H,37,38,39);/q;+1/p-1. The second-order valence-corrected chi connectivity index (χ2v) is 13.5. The van der Waals surface area contributed by atoms with Gasteiger partial charge in [-0.3, -0.25) is 0 Å². The van der Waals surface area contributed by atoms with Crippen LogP contribution in [-0.4, -0.2) is 13.0 Å². The molecule has 0 aliphatic rings. The Labute approximate surface area is 276 Å². The molecule has 0 bridgehead atoms. The molecule has 3 nitrogen and oxygen atoms in total. The van der Waals surface area contributed by atoms with E-state index in [9.17, 15) is 13.0 Å². The SMILES string of the molecule is CCCCCCCCCCCCCc1ccc2cc(S(=O)(=O)[O-])cc(CCCCCCCCCCCCC)c2c1.[Na+]. The molecule has 0 saturated carbocycles. The number of aryl methyl sites for hydroxylation is 2. The van der Waals surface area contributed by atoms with Crippen LogP contribution >= 0.6 is 0 Å². The van der Waals surface area contributed by atoms with E-state index in [0.29, 0.717) is 0 Å². The Hall–Kier alpha value is -0.390. The molecule has 0 N–H and O–H groups in total. The largest absolute Gasteiger partial charge is 1.00 e. The van der Waals surface area contributed by atoms with Crippen molar-refractivity contribution in [2.75, 3.05) is 0 Å². The fourth-order valence-electron chi connectivity index (χ4n) is 5.93. The van der Waals surface area contributed by atoms with Crippen LogP contribution in [0.25, 0.3) is 10.8 Å². The Kier molecular flexibility index (Phi) is 22.6. The quantitative estimate of drug-likeness (QED) is 0.0658. The third-order valence-corrected chi connectivity index (χ3v) is 9.30. The van der Waals surface area contributed by atoms with Gasteiger partial charge in [-0.05, 0) is 59.7 Å². The topological polar surface area (TPSA) is 57.2 Å². The summed E-state index contributed by atoms with van der Waals surface area (Å²) in [7, 11) is -4.46. The molecule has 0 aromatic heterocycles. The molecule has 0 radical (unpaired) electrons. The average Bonchev–Trinajstić information content (AvgIpc) is 2.94. The van der Waals surface area contributed by atoms with Crippen LogP contribution in [-0.2, 0) is 23.0 Å². The van der Waals surface area contributed by atoms with Crippen LogP contribution in [0.5, 0.6) is 0 Å². The number of benzene rings is 2. The first-order valence-corrected chi connectivity index (χ1v) is 18.4. The van der Waals surface area contributed by atoms with E-state index in [2.05, 4.69) is 26.0 Å². The smallest absolute Gasteiger partial charge is 0.744 e. The van der Waals surface area contributed by atoms with Crippen molar-refractivity contribution in [1.29, 1.82) is 0 Å². The molecule has 0 saturated heterocycles. The fraction of sp³-hybridized carbons (Fsp3) is 0.722. The van der Waals surface area contributed by atoms with E-state index in [4.69, 9.17) is 0 Å². The van der Waals surface area contributed by atoms with E-state index in [-0.39, 0.29) is 34.5 Å². The Morgan fingerprint density at radius 1 is 0.537 bits per heavy atom. The minimum atomic E-state index is -4.46. The van der Waals surface area contributed by atoms with Crippen LogP contribution < -0.4 is 29.6 Å². The zero-order valence-corrected chi connectivity index (χ0v) is 29.8. The maximum atomic E-state index is 11.8. The number of unbranched alkanes of at least 4 members (excludes halogenated alkanes) is 20. The van der Waals surface area contributed by atoms with Gasteiger partial charge in [0.2, 0.25) is 0 Å². The summed E-state index contributed by atoms with van der Waals surface area (Å²) >= 11 is 0. The molecule has 2 rings (SSSR count). The summed E-state index contributed by atoms with van der Waals surface area (Å²) in [4.78, 5) is -0.0869. The number of fused-ring (bicyclic) bond motifs is 1. The molecule has 5 heteroatoms. The van der Waals surface area contributed by atoms with Crippen molar-refractivity contribution < 1.29 is 42.5 Å².